The number of rotatable bonds is 19. The van der Waals surface area contributed by atoms with E-state index in [9.17, 15) is 9.59 Å². The number of ketones is 2. The van der Waals surface area contributed by atoms with Crippen molar-refractivity contribution in [3.63, 3.8) is 0 Å². The number of aliphatic hydroxyl groups excluding tert-OH is 1. The van der Waals surface area contributed by atoms with Crippen molar-refractivity contribution in [2.75, 3.05) is 27.4 Å². The molecule has 0 aromatic heterocycles. The van der Waals surface area contributed by atoms with Gasteiger partial charge in [0, 0.05) is 37.9 Å². The van der Waals surface area contributed by atoms with E-state index in [-0.39, 0.29) is 30.0 Å². The normalized spacial score (nSPS) is 16.5. The minimum Gasteiger partial charge on any atom is -0.497 e. The van der Waals surface area contributed by atoms with Gasteiger partial charge in [-0.15, -0.1) is 0 Å². The van der Waals surface area contributed by atoms with Gasteiger partial charge < -0.3 is 19.3 Å². The van der Waals surface area contributed by atoms with Gasteiger partial charge in [0.25, 0.3) is 0 Å². The first-order valence-corrected chi connectivity index (χ1v) is 16.2. The Hall–Kier alpha value is -3.48. The largest absolute Gasteiger partial charge is 0.497 e. The zero-order valence-corrected chi connectivity index (χ0v) is 26.3. The minimum absolute atomic E-state index is 0.111. The first-order chi connectivity index (χ1) is 21.5. The molecular formula is C38H48O6. The molecule has 0 aliphatic heterocycles. The maximum atomic E-state index is 13.2. The molecule has 0 amide bonds. The SMILES string of the molecule is COc1ccc(C(OCCCCCC(=O)[C@@H]2CCCC2C(=O)CCCCCO)(c2ccccc2)c2ccc(OC)cc2)cc1. The van der Waals surface area contributed by atoms with E-state index in [2.05, 4.69) is 36.4 Å². The van der Waals surface area contributed by atoms with Gasteiger partial charge in [-0.05, 0) is 79.5 Å². The number of methoxy groups -OCH3 is 2. The molecule has 3 aromatic rings. The Bertz CT molecular complexity index is 1240. The quantitative estimate of drug-likeness (QED) is 0.112. The molecule has 1 N–H and O–H groups in total. The molecule has 2 atom stereocenters. The monoisotopic (exact) mass is 600 g/mol. The van der Waals surface area contributed by atoms with Gasteiger partial charge in [-0.2, -0.15) is 0 Å². The first kappa shape index (κ1) is 33.4. The smallest absolute Gasteiger partial charge is 0.143 e. The van der Waals surface area contributed by atoms with Crippen LogP contribution in [0.25, 0.3) is 0 Å². The van der Waals surface area contributed by atoms with Crippen LogP contribution < -0.4 is 9.47 Å². The number of Topliss-reactive ketones (excluding diaryl/α,β-unsaturated/α-hetero) is 2. The van der Waals surface area contributed by atoms with Gasteiger partial charge in [0.2, 0.25) is 0 Å². The number of hydrogen-bond donors (Lipinski definition) is 1. The standard InChI is InChI=1S/C38H48O6/c1-42-32-23-19-30(20-24-32)38(29-13-6-3-7-14-29,31-21-25-33(43-2)26-22-31)44-28-11-5-9-18-37(41)35-16-12-15-34(35)36(40)17-8-4-10-27-39/h3,6-7,13-14,19-26,34-35,39H,4-5,8-12,15-18,27-28H2,1-2H3/t34?,35-/m1/s1. The van der Waals surface area contributed by atoms with Crippen molar-refractivity contribution in [2.24, 2.45) is 11.8 Å². The summed E-state index contributed by atoms with van der Waals surface area (Å²) in [7, 11) is 3.33. The number of hydrogen-bond acceptors (Lipinski definition) is 6. The van der Waals surface area contributed by atoms with Gasteiger partial charge in [0.05, 0.1) is 14.2 Å². The predicted molar refractivity (Wildman–Crippen MR) is 173 cm³/mol. The lowest BCUT2D eigenvalue weighted by Gasteiger charge is -2.36. The molecule has 1 aliphatic rings. The van der Waals surface area contributed by atoms with Crippen molar-refractivity contribution < 1.29 is 28.9 Å². The Kier molecular flexibility index (Phi) is 13.0. The van der Waals surface area contributed by atoms with Crippen LogP contribution in [0.3, 0.4) is 0 Å². The molecule has 6 nitrogen and oxygen atoms in total. The molecule has 1 unspecified atom stereocenters. The van der Waals surface area contributed by atoms with Gasteiger partial charge in [-0.25, -0.2) is 0 Å². The lowest BCUT2D eigenvalue weighted by Crippen LogP contribution is -2.33. The molecule has 0 bridgehead atoms. The lowest BCUT2D eigenvalue weighted by molar-refractivity contribution is -0.131. The molecule has 0 heterocycles. The molecule has 44 heavy (non-hydrogen) atoms. The van der Waals surface area contributed by atoms with Crippen LogP contribution in [0.15, 0.2) is 78.9 Å². The van der Waals surface area contributed by atoms with Gasteiger partial charge >= 0.3 is 0 Å². The summed E-state index contributed by atoms with van der Waals surface area (Å²) in [4.78, 5) is 26.0. The Balaban J connectivity index is 1.41. The van der Waals surface area contributed by atoms with E-state index >= 15 is 0 Å². The molecule has 1 aliphatic carbocycles. The van der Waals surface area contributed by atoms with E-state index in [1.807, 2.05) is 42.5 Å². The van der Waals surface area contributed by atoms with Crippen LogP contribution in [0, 0.1) is 11.8 Å². The number of aliphatic hydroxyl groups is 1. The average Bonchev–Trinajstić information content (AvgIpc) is 3.58. The summed E-state index contributed by atoms with van der Waals surface area (Å²) in [5, 5.41) is 8.98. The zero-order chi connectivity index (χ0) is 31.2. The third kappa shape index (κ3) is 8.36. The molecule has 1 saturated carbocycles. The van der Waals surface area contributed by atoms with Crippen LogP contribution >= 0.6 is 0 Å². The van der Waals surface area contributed by atoms with Crippen LogP contribution in [-0.4, -0.2) is 44.1 Å². The van der Waals surface area contributed by atoms with Crippen molar-refractivity contribution in [3.05, 3.63) is 95.6 Å². The highest BCUT2D eigenvalue weighted by atomic mass is 16.5. The molecule has 3 aromatic carbocycles. The molecule has 0 saturated heterocycles. The number of carbonyl (C=O) groups is 2. The van der Waals surface area contributed by atoms with Crippen LogP contribution in [0.1, 0.15) is 87.3 Å². The maximum Gasteiger partial charge on any atom is 0.143 e. The van der Waals surface area contributed by atoms with Gasteiger partial charge in [-0.3, -0.25) is 9.59 Å². The van der Waals surface area contributed by atoms with Crippen molar-refractivity contribution in [3.8, 4) is 11.5 Å². The molecule has 1 fully saturated rings. The van der Waals surface area contributed by atoms with E-state index in [1.165, 1.54) is 0 Å². The second-order valence-electron chi connectivity index (χ2n) is 11.8. The molecule has 0 spiro atoms. The summed E-state index contributed by atoms with van der Waals surface area (Å²) in [5.41, 5.74) is 2.18. The summed E-state index contributed by atoms with van der Waals surface area (Å²) in [6.07, 6.45) is 8.52. The summed E-state index contributed by atoms with van der Waals surface area (Å²) >= 11 is 0. The summed E-state index contributed by atoms with van der Waals surface area (Å²) in [6, 6.07) is 26.3. The zero-order valence-electron chi connectivity index (χ0n) is 26.3. The second kappa shape index (κ2) is 17.1. The van der Waals surface area contributed by atoms with Crippen LogP contribution in [0.4, 0.5) is 0 Å². The Labute approximate surface area is 262 Å². The number of benzene rings is 3. The fourth-order valence-electron chi connectivity index (χ4n) is 6.57. The van der Waals surface area contributed by atoms with Gasteiger partial charge in [0.15, 0.2) is 0 Å². The van der Waals surface area contributed by atoms with Crippen LogP contribution in [-0.2, 0) is 19.9 Å². The van der Waals surface area contributed by atoms with Gasteiger partial charge in [0.1, 0.15) is 28.7 Å². The molecular weight excluding hydrogens is 552 g/mol. The highest BCUT2D eigenvalue weighted by Crippen LogP contribution is 2.42. The second-order valence-corrected chi connectivity index (χ2v) is 11.8. The van der Waals surface area contributed by atoms with Gasteiger partial charge in [-0.1, -0.05) is 73.9 Å². The lowest BCUT2D eigenvalue weighted by atomic mass is 9.80. The van der Waals surface area contributed by atoms with E-state index in [0.29, 0.717) is 19.4 Å². The highest BCUT2D eigenvalue weighted by molar-refractivity contribution is 5.90. The third-order valence-electron chi connectivity index (χ3n) is 8.98. The van der Waals surface area contributed by atoms with Crippen molar-refractivity contribution >= 4 is 11.6 Å². The molecule has 0 radical (unpaired) electrons. The minimum atomic E-state index is -0.843. The van der Waals surface area contributed by atoms with E-state index < -0.39 is 5.60 Å². The number of ether oxygens (including phenoxy) is 3. The van der Waals surface area contributed by atoms with Crippen LogP contribution in [0.2, 0.25) is 0 Å². The van der Waals surface area contributed by atoms with E-state index in [1.54, 1.807) is 14.2 Å². The first-order valence-electron chi connectivity index (χ1n) is 16.2. The van der Waals surface area contributed by atoms with E-state index in [0.717, 1.165) is 86.0 Å². The Morgan fingerprint density at radius 3 is 1.61 bits per heavy atom. The molecule has 4 rings (SSSR count). The fraction of sp³-hybridized carbons (Fsp3) is 0.474. The molecule has 6 heteroatoms. The maximum absolute atomic E-state index is 13.2. The van der Waals surface area contributed by atoms with Crippen molar-refractivity contribution in [1.82, 2.24) is 0 Å². The highest BCUT2D eigenvalue weighted by Gasteiger charge is 2.38. The van der Waals surface area contributed by atoms with Crippen molar-refractivity contribution in [2.45, 2.75) is 76.2 Å². The topological polar surface area (TPSA) is 82.1 Å². The Morgan fingerprint density at radius 1 is 0.659 bits per heavy atom. The van der Waals surface area contributed by atoms with E-state index in [4.69, 9.17) is 19.3 Å². The summed E-state index contributed by atoms with van der Waals surface area (Å²) in [6.45, 7) is 0.680. The average molecular weight is 601 g/mol. The fourth-order valence-corrected chi connectivity index (χ4v) is 6.57. The Morgan fingerprint density at radius 2 is 1.14 bits per heavy atom. The molecule has 236 valence electrons. The summed E-state index contributed by atoms with van der Waals surface area (Å²) in [5.74, 6) is 1.81. The number of unbranched alkanes of at least 4 members (excludes halogenated alkanes) is 4. The van der Waals surface area contributed by atoms with Crippen molar-refractivity contribution in [1.29, 1.82) is 0 Å². The van der Waals surface area contributed by atoms with Crippen LogP contribution in [0.5, 0.6) is 11.5 Å². The summed E-state index contributed by atoms with van der Waals surface area (Å²) < 4.78 is 17.8. The predicted octanol–water partition coefficient (Wildman–Crippen LogP) is 7.68. The number of carbonyl (C=O) groups excluding carboxylic acids is 2. The third-order valence-corrected chi connectivity index (χ3v) is 8.98.